The molecule has 0 aliphatic rings. The quantitative estimate of drug-likeness (QED) is 0.0796. The molecule has 306 valence electrons. The molecule has 0 spiro atoms. The van der Waals surface area contributed by atoms with E-state index >= 15 is 35.1 Å². The highest BCUT2D eigenvalue weighted by molar-refractivity contribution is 7.20. The van der Waals surface area contributed by atoms with Gasteiger partial charge in [-0.3, -0.25) is 0 Å². The van der Waals surface area contributed by atoms with Crippen LogP contribution in [0.25, 0.3) is 10.8 Å². The topological polar surface area (TPSA) is 4.44 Å². The van der Waals surface area contributed by atoms with Crippen LogP contribution in [0.1, 0.15) is 0 Å². The maximum absolute atomic E-state index is 15.4. The zero-order valence-electron chi connectivity index (χ0n) is 29.1. The van der Waals surface area contributed by atoms with Crippen LogP contribution in [0.2, 0.25) is 1.41 Å². The Bertz CT molecular complexity index is 2330. The highest BCUT2D eigenvalue weighted by atomic mass is 19.2. The largest absolute Gasteiger partial charge is 0.353 e. The van der Waals surface area contributed by atoms with Crippen LogP contribution in [0.3, 0.4) is 0 Å². The predicted octanol–water partition coefficient (Wildman–Crippen LogP) is 7.46. The lowest BCUT2D eigenvalue weighted by molar-refractivity contribution is -0.785. The van der Waals surface area contributed by atoms with E-state index in [2.05, 4.69) is 18.2 Å². The van der Waals surface area contributed by atoms with Crippen LogP contribution in [0, 0.1) is 116 Å². The average Bonchev–Trinajstić information content (AvgIpc) is 3.20. The van der Waals surface area contributed by atoms with E-state index in [1.165, 1.54) is 5.39 Å². The number of quaternary nitrogens is 1. The van der Waals surface area contributed by atoms with E-state index in [-0.39, 0.29) is 4.89 Å². The molecule has 6 rings (SSSR count). The van der Waals surface area contributed by atoms with Crippen molar-refractivity contribution in [2.45, 2.75) is 0 Å². The van der Waals surface area contributed by atoms with Crippen molar-refractivity contribution in [2.24, 2.45) is 0 Å². The van der Waals surface area contributed by atoms with Crippen molar-refractivity contribution in [3.8, 4) is 0 Å². The monoisotopic (exact) mass is 852 g/mol. The number of rotatable bonds is 5. The molecule has 22 heteroatoms. The molecule has 0 aliphatic carbocycles. The predicted molar refractivity (Wildman–Crippen MR) is 166 cm³/mol. The third-order valence-corrected chi connectivity index (χ3v) is 8.96. The van der Waals surface area contributed by atoms with Crippen LogP contribution in [0.15, 0.2) is 42.5 Å². The highest BCUT2D eigenvalue weighted by Crippen LogP contribution is 2.31. The Morgan fingerprint density at radius 1 is 0.328 bits per heavy atom. The van der Waals surface area contributed by atoms with Crippen LogP contribution in [-0.2, 0) is 0 Å². The van der Waals surface area contributed by atoms with Gasteiger partial charge in [0, 0.05) is 5.39 Å². The van der Waals surface area contributed by atoms with Crippen molar-refractivity contribution in [1.29, 1.82) is 0 Å². The van der Waals surface area contributed by atoms with E-state index in [1.54, 1.807) is 0 Å². The number of fused-ring (bicyclic) bond motifs is 1. The highest BCUT2D eigenvalue weighted by Gasteiger charge is 2.52. The summed E-state index contributed by atoms with van der Waals surface area (Å²) in [5, 5.41) is 2.36. The lowest BCUT2D eigenvalue weighted by atomic mass is 9.12. The maximum atomic E-state index is 15.4. The van der Waals surface area contributed by atoms with Gasteiger partial charge in [0.1, 0.15) is 58.4 Å². The zero-order chi connectivity index (χ0) is 44.5. The van der Waals surface area contributed by atoms with Crippen molar-refractivity contribution in [2.75, 3.05) is 14.1 Å². The first-order valence-corrected chi connectivity index (χ1v) is 15.4. The van der Waals surface area contributed by atoms with Gasteiger partial charge < -0.3 is 4.89 Å². The standard InChI is InChI=1S/C24BF20.C12H13N/c26-5-1(6(27)14(35)21(42)13(5)34)25(2-7(28)15(36)22(43)16(37)8(2)29,3-9(30)17(38)23(44)18(39)10(3)31)4-11(32)19(40)24(45)20(41)12(4)33;1-13(2)12-9-5-7-10-6-3-4-8-11(10)12/h;3-9H,1-2H3/q-1;/p+1/i/hD. The Morgan fingerprint density at radius 2 is 0.552 bits per heavy atom. The minimum Gasteiger partial charge on any atom is -0.307 e. The minimum atomic E-state index is -7.22. The van der Waals surface area contributed by atoms with Crippen LogP contribution >= 0.6 is 0 Å². The molecule has 0 saturated heterocycles. The molecule has 0 aliphatic heterocycles. The third-order valence-electron chi connectivity index (χ3n) is 8.96. The second kappa shape index (κ2) is 15.5. The maximum Gasteiger partial charge on any atom is 0.353 e. The number of halogens is 20. The molecule has 0 atom stereocenters. The summed E-state index contributed by atoms with van der Waals surface area (Å²) < 4.78 is 302. The van der Waals surface area contributed by atoms with Crippen molar-refractivity contribution in [1.82, 2.24) is 0 Å². The molecule has 0 amide bonds. The molecular weight excluding hydrogens is 837 g/mol. The molecule has 0 aromatic heterocycles. The van der Waals surface area contributed by atoms with Crippen LogP contribution in [0.4, 0.5) is 93.5 Å². The fourth-order valence-corrected chi connectivity index (χ4v) is 6.47. The van der Waals surface area contributed by atoms with Gasteiger partial charge in [-0.2, -0.15) is 0 Å². The lowest BCUT2D eigenvalue weighted by Crippen LogP contribution is -3.00. The zero-order valence-corrected chi connectivity index (χ0v) is 28.1. The van der Waals surface area contributed by atoms with Gasteiger partial charge in [0.25, 0.3) is 0 Å². The normalized spacial score (nSPS) is 12.2. The Hall–Kier alpha value is -5.80. The summed E-state index contributed by atoms with van der Waals surface area (Å²) in [6.07, 6.45) is -7.22. The van der Waals surface area contributed by atoms with E-state index < -0.39 is 144 Å². The molecule has 0 radical (unpaired) electrons. The van der Waals surface area contributed by atoms with E-state index in [9.17, 15) is 52.7 Å². The summed E-state index contributed by atoms with van der Waals surface area (Å²) in [5.41, 5.74) is -13.3. The van der Waals surface area contributed by atoms with Gasteiger partial charge in [-0.25, -0.2) is 87.8 Å². The van der Waals surface area contributed by atoms with Gasteiger partial charge in [0.05, 0.1) is 14.1 Å². The van der Waals surface area contributed by atoms with Gasteiger partial charge >= 0.3 is 1.41 Å². The SMILES string of the molecule is Fc1c(F)c(F)c([B-](c2c(F)c(F)c(F)c(F)c2F)(c2c(F)c(F)c(F)c(F)c2F)c2c(F)c(F)c(F)c(F)c2F)c(F)c1F.[2H][N+](C)(C)c1cccc2ccccc12. The summed E-state index contributed by atoms with van der Waals surface area (Å²) >= 11 is 0. The van der Waals surface area contributed by atoms with E-state index in [0.717, 1.165) is 11.1 Å². The summed E-state index contributed by atoms with van der Waals surface area (Å²) in [5.74, 6) is -71.4. The van der Waals surface area contributed by atoms with Crippen LogP contribution in [-0.4, -0.2) is 20.2 Å². The van der Waals surface area contributed by atoms with Crippen molar-refractivity contribution < 1.29 is 94.1 Å². The molecule has 1 nitrogen and oxygen atoms in total. The lowest BCUT2D eigenvalue weighted by Gasteiger charge is -2.44. The third kappa shape index (κ3) is 6.27. The van der Waals surface area contributed by atoms with Gasteiger partial charge in [-0.05, 0) is 17.5 Å². The first kappa shape index (κ1) is 41.8. The smallest absolute Gasteiger partial charge is 0.307 e. The molecule has 1 N–H and O–H groups in total. The van der Waals surface area contributed by atoms with Gasteiger partial charge in [0.15, 0.2) is 69.8 Å². The molecule has 58 heavy (non-hydrogen) atoms. The average molecular weight is 852 g/mol. The molecule has 6 aromatic carbocycles. The molecule has 6 aromatic rings. The Morgan fingerprint density at radius 3 is 0.810 bits per heavy atom. The first-order chi connectivity index (χ1) is 27.3. The number of nitrogens with one attached hydrogen (secondary N) is 1. The Labute approximate surface area is 311 Å². The van der Waals surface area contributed by atoms with Gasteiger partial charge in [-0.15, -0.1) is 21.9 Å². The van der Waals surface area contributed by atoms with Crippen LogP contribution < -0.4 is 26.7 Å². The summed E-state index contributed by atoms with van der Waals surface area (Å²) in [7, 11) is 3.73. The van der Waals surface area contributed by atoms with E-state index in [0.29, 0.717) is 0 Å². The van der Waals surface area contributed by atoms with Gasteiger partial charge in [-0.1, -0.05) is 30.3 Å². The second-order valence-corrected chi connectivity index (χ2v) is 12.2. The van der Waals surface area contributed by atoms with Gasteiger partial charge in [0.2, 0.25) is 0 Å². The number of benzene rings is 6. The molecule has 0 fully saturated rings. The molecule has 0 heterocycles. The van der Waals surface area contributed by atoms with E-state index in [4.69, 9.17) is 1.41 Å². The molecular formula is C36H14BF20N. The first-order valence-electron chi connectivity index (χ1n) is 15.8. The summed E-state index contributed by atoms with van der Waals surface area (Å²) in [4.78, 5) is 0.112. The van der Waals surface area contributed by atoms with Crippen LogP contribution in [0.5, 0.6) is 0 Å². The van der Waals surface area contributed by atoms with Crippen molar-refractivity contribution >= 4 is 44.5 Å². The fraction of sp³-hybridized carbons (Fsp3) is 0.0556. The molecule has 0 saturated carbocycles. The second-order valence-electron chi connectivity index (χ2n) is 12.2. The number of hydrogen-bond donors (Lipinski definition) is 1. The fourth-order valence-electron chi connectivity index (χ4n) is 6.47. The van der Waals surface area contributed by atoms with E-state index in [1.807, 2.05) is 38.4 Å². The summed E-state index contributed by atoms with van der Waals surface area (Å²) in [6, 6.07) is 14.3. The minimum absolute atomic E-state index is 0.112. The Kier molecular flexibility index (Phi) is 11.2. The van der Waals surface area contributed by atoms with Crippen molar-refractivity contribution in [3.05, 3.63) is 159 Å². The summed E-state index contributed by atoms with van der Waals surface area (Å²) in [6.45, 7) is 0. The van der Waals surface area contributed by atoms with Crippen molar-refractivity contribution in [3.63, 3.8) is 0 Å². The number of hydrogen-bond acceptors (Lipinski definition) is 0. The Balaban J connectivity index is 0.000000395. The molecule has 0 unspecified atom stereocenters. The molecule has 0 bridgehead atoms.